The van der Waals surface area contributed by atoms with Crippen LogP contribution in [0.3, 0.4) is 0 Å². The van der Waals surface area contributed by atoms with E-state index in [9.17, 15) is 14.0 Å². The molecule has 9 heteroatoms. The number of carbonyl (C=O) groups is 2. The number of amidine groups is 1. The molecule has 1 saturated heterocycles. The predicted molar refractivity (Wildman–Crippen MR) is 88.2 cm³/mol. The van der Waals surface area contributed by atoms with Crippen molar-refractivity contribution in [3.05, 3.63) is 29.6 Å². The molecule has 0 aliphatic carbocycles. The fourth-order valence-electron chi connectivity index (χ4n) is 2.70. The highest BCUT2D eigenvalue weighted by molar-refractivity contribution is 7.80. The molecule has 2 heterocycles. The van der Waals surface area contributed by atoms with Crippen LogP contribution in [-0.4, -0.2) is 64.8 Å². The van der Waals surface area contributed by atoms with Crippen molar-refractivity contribution in [2.45, 2.75) is 12.6 Å². The van der Waals surface area contributed by atoms with Crippen LogP contribution in [0.2, 0.25) is 0 Å². The quantitative estimate of drug-likeness (QED) is 0.767. The SMILES string of the molecule is COc1ccc(CN2C(=S)N=C3C2C(=O)N(C)C(=O)N3C)c(F)c1. The maximum absolute atomic E-state index is 14.2. The van der Waals surface area contributed by atoms with Crippen molar-refractivity contribution in [2.24, 2.45) is 4.99 Å². The fourth-order valence-corrected chi connectivity index (χ4v) is 2.97. The van der Waals surface area contributed by atoms with Crippen LogP contribution in [0.25, 0.3) is 0 Å². The van der Waals surface area contributed by atoms with Crippen LogP contribution in [0, 0.1) is 5.82 Å². The minimum atomic E-state index is -0.827. The van der Waals surface area contributed by atoms with Crippen molar-refractivity contribution in [1.29, 1.82) is 0 Å². The monoisotopic (exact) mass is 350 g/mol. The molecule has 24 heavy (non-hydrogen) atoms. The molecular formula is C15H15FN4O3S. The molecule has 0 aromatic heterocycles. The Kier molecular flexibility index (Phi) is 3.96. The number of imide groups is 1. The number of hydrogen-bond donors (Lipinski definition) is 0. The molecule has 1 unspecified atom stereocenters. The number of nitrogens with zero attached hydrogens (tertiary/aromatic N) is 4. The van der Waals surface area contributed by atoms with Crippen molar-refractivity contribution in [3.63, 3.8) is 0 Å². The molecule has 2 aliphatic heterocycles. The first-order valence-corrected chi connectivity index (χ1v) is 7.53. The first-order valence-electron chi connectivity index (χ1n) is 7.12. The summed E-state index contributed by atoms with van der Waals surface area (Å²) in [4.78, 5) is 32.4. The van der Waals surface area contributed by atoms with Crippen molar-refractivity contribution in [3.8, 4) is 5.75 Å². The first kappa shape index (κ1) is 16.3. The van der Waals surface area contributed by atoms with Gasteiger partial charge in [0.25, 0.3) is 5.91 Å². The van der Waals surface area contributed by atoms with Gasteiger partial charge in [0.1, 0.15) is 17.4 Å². The number of thiocarbonyl (C=S) groups is 1. The van der Waals surface area contributed by atoms with E-state index in [0.717, 1.165) is 4.90 Å². The zero-order chi connectivity index (χ0) is 17.6. The van der Waals surface area contributed by atoms with E-state index in [1.807, 2.05) is 0 Å². The van der Waals surface area contributed by atoms with Gasteiger partial charge in [-0.2, -0.15) is 0 Å². The number of halogens is 1. The molecule has 2 aliphatic rings. The van der Waals surface area contributed by atoms with Gasteiger partial charge < -0.3 is 9.64 Å². The third-order valence-electron chi connectivity index (χ3n) is 4.10. The van der Waals surface area contributed by atoms with Gasteiger partial charge in [0.2, 0.25) is 0 Å². The Morgan fingerprint density at radius 2 is 2.00 bits per heavy atom. The summed E-state index contributed by atoms with van der Waals surface area (Å²) in [5.41, 5.74) is 0.351. The number of likely N-dealkylation sites (N-methyl/N-ethyl adjacent to an activating group) is 2. The van der Waals surface area contributed by atoms with E-state index in [4.69, 9.17) is 17.0 Å². The highest BCUT2D eigenvalue weighted by Gasteiger charge is 2.48. The normalized spacial score (nSPS) is 20.5. The Hall–Kier alpha value is -2.55. The highest BCUT2D eigenvalue weighted by Crippen LogP contribution is 2.26. The number of urea groups is 1. The molecule has 1 aromatic carbocycles. The molecule has 3 rings (SSSR count). The number of aliphatic imine (C=N–C) groups is 1. The van der Waals surface area contributed by atoms with Gasteiger partial charge in [-0.1, -0.05) is 6.07 Å². The summed E-state index contributed by atoms with van der Waals surface area (Å²) in [5.74, 6) is -0.240. The van der Waals surface area contributed by atoms with Gasteiger partial charge in [0.05, 0.1) is 7.11 Å². The van der Waals surface area contributed by atoms with E-state index in [-0.39, 0.29) is 17.5 Å². The van der Waals surface area contributed by atoms with E-state index in [2.05, 4.69) is 4.99 Å². The fraction of sp³-hybridized carbons (Fsp3) is 0.333. The van der Waals surface area contributed by atoms with Gasteiger partial charge >= 0.3 is 6.03 Å². The number of amides is 3. The summed E-state index contributed by atoms with van der Waals surface area (Å²) in [7, 11) is 4.37. The van der Waals surface area contributed by atoms with E-state index in [1.165, 1.54) is 37.1 Å². The summed E-state index contributed by atoms with van der Waals surface area (Å²) in [6.07, 6.45) is 0. The molecule has 0 N–H and O–H groups in total. The number of benzene rings is 1. The lowest BCUT2D eigenvalue weighted by molar-refractivity contribution is -0.130. The van der Waals surface area contributed by atoms with Gasteiger partial charge in [-0.3, -0.25) is 14.6 Å². The number of rotatable bonds is 3. The summed E-state index contributed by atoms with van der Waals surface area (Å²) < 4.78 is 19.2. The van der Waals surface area contributed by atoms with Crippen LogP contribution in [-0.2, 0) is 11.3 Å². The second-order valence-corrected chi connectivity index (χ2v) is 5.84. The van der Waals surface area contributed by atoms with Crippen LogP contribution in [0.5, 0.6) is 5.75 Å². The van der Waals surface area contributed by atoms with Crippen LogP contribution >= 0.6 is 12.2 Å². The Morgan fingerprint density at radius 3 is 2.62 bits per heavy atom. The molecule has 1 aromatic rings. The molecular weight excluding hydrogens is 335 g/mol. The van der Waals surface area contributed by atoms with Crippen LogP contribution in [0.1, 0.15) is 5.56 Å². The largest absolute Gasteiger partial charge is 0.497 e. The number of carbonyl (C=O) groups excluding carboxylic acids is 2. The number of fused-ring (bicyclic) bond motifs is 1. The third kappa shape index (κ3) is 2.41. The Morgan fingerprint density at radius 1 is 1.29 bits per heavy atom. The third-order valence-corrected chi connectivity index (χ3v) is 4.42. The van der Waals surface area contributed by atoms with Gasteiger partial charge in [-0.25, -0.2) is 14.2 Å². The Balaban J connectivity index is 1.91. The van der Waals surface area contributed by atoms with E-state index in [1.54, 1.807) is 12.1 Å². The molecule has 1 atom stereocenters. The molecule has 3 amide bonds. The lowest BCUT2D eigenvalue weighted by Crippen LogP contribution is -2.62. The second-order valence-electron chi connectivity index (χ2n) is 5.48. The average Bonchev–Trinajstić information content (AvgIpc) is 2.89. The lowest BCUT2D eigenvalue weighted by Gasteiger charge is -2.36. The maximum Gasteiger partial charge on any atom is 0.331 e. The number of hydrogen-bond acceptors (Lipinski definition) is 4. The van der Waals surface area contributed by atoms with Crippen LogP contribution in [0.4, 0.5) is 9.18 Å². The molecule has 7 nitrogen and oxygen atoms in total. The van der Waals surface area contributed by atoms with Gasteiger partial charge in [-0.05, 0) is 18.3 Å². The van der Waals surface area contributed by atoms with Crippen LogP contribution in [0.15, 0.2) is 23.2 Å². The molecule has 126 valence electrons. The average molecular weight is 350 g/mol. The summed E-state index contributed by atoms with van der Waals surface area (Å²) in [6, 6.07) is 3.16. The number of methoxy groups -OCH3 is 1. The lowest BCUT2D eigenvalue weighted by atomic mass is 10.1. The van der Waals surface area contributed by atoms with E-state index >= 15 is 0 Å². The zero-order valence-electron chi connectivity index (χ0n) is 13.3. The Bertz CT molecular complexity index is 782. The molecule has 0 spiro atoms. The highest BCUT2D eigenvalue weighted by atomic mass is 32.1. The second kappa shape index (κ2) is 5.82. The van der Waals surface area contributed by atoms with E-state index < -0.39 is 23.8 Å². The van der Waals surface area contributed by atoms with Gasteiger partial charge in [-0.15, -0.1) is 0 Å². The first-order chi connectivity index (χ1) is 11.3. The standard InChI is InChI=1S/C15H15FN4O3S/c1-18-12-11(13(21)19(2)15(18)22)20(14(24)17-12)7-8-4-5-9(23-3)6-10(8)16/h4-6,11H,7H2,1-3H3. The Labute approximate surface area is 143 Å². The molecule has 0 radical (unpaired) electrons. The maximum atomic E-state index is 14.2. The smallest absolute Gasteiger partial charge is 0.331 e. The van der Waals surface area contributed by atoms with Crippen molar-refractivity contribution in [1.82, 2.24) is 14.7 Å². The zero-order valence-corrected chi connectivity index (χ0v) is 14.1. The predicted octanol–water partition coefficient (Wildman–Crippen LogP) is 1.23. The topological polar surface area (TPSA) is 65.5 Å². The summed E-state index contributed by atoms with van der Waals surface area (Å²) in [5, 5.41) is 0.147. The summed E-state index contributed by atoms with van der Waals surface area (Å²) >= 11 is 5.21. The van der Waals surface area contributed by atoms with Gasteiger partial charge in [0, 0.05) is 32.3 Å². The van der Waals surface area contributed by atoms with E-state index in [0.29, 0.717) is 11.3 Å². The van der Waals surface area contributed by atoms with Gasteiger partial charge in [0.15, 0.2) is 11.2 Å². The van der Waals surface area contributed by atoms with Crippen molar-refractivity contribution < 1.29 is 18.7 Å². The summed E-state index contributed by atoms with van der Waals surface area (Å²) in [6.45, 7) is 0.0634. The molecule has 0 saturated carbocycles. The van der Waals surface area contributed by atoms with Crippen molar-refractivity contribution >= 4 is 35.1 Å². The van der Waals surface area contributed by atoms with Crippen molar-refractivity contribution in [2.75, 3.05) is 21.2 Å². The molecule has 1 fully saturated rings. The molecule has 0 bridgehead atoms. The van der Waals surface area contributed by atoms with Crippen LogP contribution < -0.4 is 4.74 Å². The number of ether oxygens (including phenoxy) is 1. The minimum absolute atomic E-state index is 0.0634. The minimum Gasteiger partial charge on any atom is -0.497 e.